The molecule has 1 aromatic heterocycles. The summed E-state index contributed by atoms with van der Waals surface area (Å²) >= 11 is 0. The number of halogens is 1. The Morgan fingerprint density at radius 1 is 1.22 bits per heavy atom. The third-order valence-electron chi connectivity index (χ3n) is 3.65. The summed E-state index contributed by atoms with van der Waals surface area (Å²) < 4.78 is 24.2. The third-order valence-corrected chi connectivity index (χ3v) is 3.65. The van der Waals surface area contributed by atoms with Crippen LogP contribution in [0.5, 0.6) is 11.6 Å². The molecule has 2 rings (SSSR count). The van der Waals surface area contributed by atoms with E-state index in [-0.39, 0.29) is 0 Å². The van der Waals surface area contributed by atoms with Crippen molar-refractivity contribution in [3.63, 3.8) is 0 Å². The molecule has 2 aromatic rings. The fourth-order valence-electron chi connectivity index (χ4n) is 2.55. The number of rotatable bonds is 7. The molecule has 1 heterocycles. The summed E-state index contributed by atoms with van der Waals surface area (Å²) in [7, 11) is 3.02. The average molecular weight is 317 g/mol. The predicted molar refractivity (Wildman–Crippen MR) is 86.7 cm³/mol. The maximum Gasteiger partial charge on any atom is 0.221 e. The first-order valence-electron chi connectivity index (χ1n) is 7.50. The maximum absolute atomic E-state index is 13.6. The summed E-state index contributed by atoms with van der Waals surface area (Å²) in [6.45, 7) is 2.09. The molecule has 0 bridgehead atoms. The van der Waals surface area contributed by atoms with E-state index >= 15 is 0 Å². The van der Waals surface area contributed by atoms with Crippen molar-refractivity contribution in [1.82, 2.24) is 4.98 Å². The highest BCUT2D eigenvalue weighted by Gasteiger charge is 2.15. The number of nitrogens with zero attached hydrogens (tertiary/aromatic N) is 1. The molecule has 0 saturated heterocycles. The number of hydrogen-bond acceptors (Lipinski definition) is 4. The Morgan fingerprint density at radius 3 is 2.61 bits per heavy atom. The van der Waals surface area contributed by atoms with E-state index in [1.165, 1.54) is 13.2 Å². The fourth-order valence-corrected chi connectivity index (χ4v) is 2.55. The van der Waals surface area contributed by atoms with Gasteiger partial charge in [-0.15, -0.1) is 0 Å². The minimum atomic E-state index is -0.459. The van der Waals surface area contributed by atoms with E-state index in [0.717, 1.165) is 37.3 Å². The number of carbonyl (C=O) groups is 1. The quantitative estimate of drug-likeness (QED) is 0.723. The number of pyridine rings is 1. The zero-order valence-electron chi connectivity index (χ0n) is 13.6. The third kappa shape index (κ3) is 3.67. The molecule has 23 heavy (non-hydrogen) atoms. The van der Waals surface area contributed by atoms with Crippen LogP contribution in [0.1, 0.15) is 35.7 Å². The van der Waals surface area contributed by atoms with Crippen LogP contribution in [0.25, 0.3) is 11.1 Å². The Hall–Kier alpha value is -2.43. The Kier molecular flexibility index (Phi) is 5.68. The van der Waals surface area contributed by atoms with Gasteiger partial charge in [0.2, 0.25) is 5.88 Å². The summed E-state index contributed by atoms with van der Waals surface area (Å²) in [5.74, 6) is 0.426. The van der Waals surface area contributed by atoms with E-state index in [1.54, 1.807) is 13.2 Å². The molecule has 0 saturated carbocycles. The van der Waals surface area contributed by atoms with E-state index in [9.17, 15) is 9.18 Å². The van der Waals surface area contributed by atoms with Gasteiger partial charge in [0.05, 0.1) is 26.0 Å². The second-order valence-corrected chi connectivity index (χ2v) is 5.19. The Labute approximate surface area is 135 Å². The first kappa shape index (κ1) is 16.9. The average Bonchev–Trinajstić information content (AvgIpc) is 2.58. The summed E-state index contributed by atoms with van der Waals surface area (Å²) in [5.41, 5.74) is 2.54. The SMILES string of the molecule is CCCCc1cc(-c2cc(F)cnc2OC)cc(C=O)c1OC. The molecule has 5 heteroatoms. The van der Waals surface area contributed by atoms with Crippen LogP contribution < -0.4 is 9.47 Å². The van der Waals surface area contributed by atoms with E-state index < -0.39 is 5.82 Å². The van der Waals surface area contributed by atoms with E-state index in [4.69, 9.17) is 9.47 Å². The van der Waals surface area contributed by atoms with Gasteiger partial charge in [-0.2, -0.15) is 0 Å². The van der Waals surface area contributed by atoms with Crippen molar-refractivity contribution in [2.75, 3.05) is 14.2 Å². The Bertz CT molecular complexity index is 701. The Balaban J connectivity index is 2.63. The summed E-state index contributed by atoms with van der Waals surface area (Å²) in [6.07, 6.45) is 4.62. The van der Waals surface area contributed by atoms with Gasteiger partial charge in [-0.25, -0.2) is 9.37 Å². The van der Waals surface area contributed by atoms with Crippen LogP contribution in [0, 0.1) is 5.82 Å². The highest BCUT2D eigenvalue weighted by molar-refractivity contribution is 5.85. The second kappa shape index (κ2) is 7.72. The van der Waals surface area contributed by atoms with Crippen molar-refractivity contribution in [2.24, 2.45) is 0 Å². The van der Waals surface area contributed by atoms with Gasteiger partial charge in [0.1, 0.15) is 11.6 Å². The molecule has 0 aliphatic heterocycles. The number of aryl methyl sites for hydroxylation is 1. The number of unbranched alkanes of at least 4 members (excludes halogenated alkanes) is 1. The molecule has 4 nitrogen and oxygen atoms in total. The van der Waals surface area contributed by atoms with E-state index in [1.807, 2.05) is 6.07 Å². The zero-order valence-corrected chi connectivity index (χ0v) is 13.6. The minimum absolute atomic E-state index is 0.315. The lowest BCUT2D eigenvalue weighted by molar-refractivity contribution is 0.112. The first-order chi connectivity index (χ1) is 11.1. The highest BCUT2D eigenvalue weighted by Crippen LogP contribution is 2.35. The topological polar surface area (TPSA) is 48.4 Å². The molecule has 0 spiro atoms. The Morgan fingerprint density at radius 2 is 2.00 bits per heavy atom. The van der Waals surface area contributed by atoms with Crippen LogP contribution in [0.15, 0.2) is 24.4 Å². The number of carbonyl (C=O) groups excluding carboxylic acids is 1. The van der Waals surface area contributed by atoms with E-state index in [0.29, 0.717) is 28.3 Å². The molecule has 1 aromatic carbocycles. The number of hydrogen-bond donors (Lipinski definition) is 0. The van der Waals surface area contributed by atoms with Crippen LogP contribution in [0.2, 0.25) is 0 Å². The number of benzene rings is 1. The molecule has 0 fully saturated rings. The van der Waals surface area contributed by atoms with Crippen LogP contribution in [-0.4, -0.2) is 25.5 Å². The molecule has 0 amide bonds. The summed E-state index contributed by atoms with van der Waals surface area (Å²) in [6, 6.07) is 4.92. The first-order valence-corrected chi connectivity index (χ1v) is 7.50. The van der Waals surface area contributed by atoms with Gasteiger partial charge in [0, 0.05) is 5.56 Å². The molecular weight excluding hydrogens is 297 g/mol. The summed E-state index contributed by atoms with van der Waals surface area (Å²) in [4.78, 5) is 15.4. The number of aldehydes is 1. The molecular formula is C18H20FNO3. The van der Waals surface area contributed by atoms with Crippen LogP contribution in [0.4, 0.5) is 4.39 Å². The lowest BCUT2D eigenvalue weighted by Gasteiger charge is -2.14. The predicted octanol–water partition coefficient (Wildman–Crippen LogP) is 4.06. The molecule has 122 valence electrons. The fraction of sp³-hybridized carbons (Fsp3) is 0.333. The molecule has 0 aliphatic rings. The van der Waals surface area contributed by atoms with Crippen molar-refractivity contribution in [1.29, 1.82) is 0 Å². The van der Waals surface area contributed by atoms with Crippen LogP contribution >= 0.6 is 0 Å². The maximum atomic E-state index is 13.6. The normalized spacial score (nSPS) is 10.4. The summed E-state index contributed by atoms with van der Waals surface area (Å²) in [5, 5.41) is 0. The van der Waals surface area contributed by atoms with Gasteiger partial charge in [-0.1, -0.05) is 13.3 Å². The van der Waals surface area contributed by atoms with Crippen molar-refractivity contribution >= 4 is 6.29 Å². The highest BCUT2D eigenvalue weighted by atomic mass is 19.1. The lowest BCUT2D eigenvalue weighted by atomic mass is 9.96. The molecule has 0 N–H and O–H groups in total. The van der Waals surface area contributed by atoms with Crippen LogP contribution in [0.3, 0.4) is 0 Å². The van der Waals surface area contributed by atoms with Crippen molar-refractivity contribution < 1.29 is 18.7 Å². The number of aromatic nitrogens is 1. The van der Waals surface area contributed by atoms with Crippen molar-refractivity contribution in [3.05, 3.63) is 41.3 Å². The van der Waals surface area contributed by atoms with Gasteiger partial charge in [-0.05, 0) is 42.2 Å². The van der Waals surface area contributed by atoms with Crippen molar-refractivity contribution in [3.8, 4) is 22.8 Å². The van der Waals surface area contributed by atoms with E-state index in [2.05, 4.69) is 11.9 Å². The number of ether oxygens (including phenoxy) is 2. The van der Waals surface area contributed by atoms with Crippen LogP contribution in [-0.2, 0) is 6.42 Å². The second-order valence-electron chi connectivity index (χ2n) is 5.19. The van der Waals surface area contributed by atoms with Crippen molar-refractivity contribution in [2.45, 2.75) is 26.2 Å². The standard InChI is InChI=1S/C18H20FNO3/c1-4-5-6-12-7-13(8-14(11-21)17(12)22-2)16-9-15(19)10-20-18(16)23-3/h7-11H,4-6H2,1-3H3. The molecule has 0 unspecified atom stereocenters. The molecule has 0 aliphatic carbocycles. The molecule has 0 radical (unpaired) electrons. The van der Waals surface area contributed by atoms with Gasteiger partial charge < -0.3 is 9.47 Å². The molecule has 0 atom stereocenters. The smallest absolute Gasteiger partial charge is 0.221 e. The van der Waals surface area contributed by atoms with Gasteiger partial charge in [0.15, 0.2) is 6.29 Å². The van der Waals surface area contributed by atoms with Gasteiger partial charge in [0.25, 0.3) is 0 Å². The lowest BCUT2D eigenvalue weighted by Crippen LogP contribution is -2.00. The van der Waals surface area contributed by atoms with Gasteiger partial charge in [-0.3, -0.25) is 4.79 Å². The monoisotopic (exact) mass is 317 g/mol. The minimum Gasteiger partial charge on any atom is -0.496 e. The number of methoxy groups -OCH3 is 2. The largest absolute Gasteiger partial charge is 0.496 e. The zero-order chi connectivity index (χ0) is 16.8. The van der Waals surface area contributed by atoms with Gasteiger partial charge >= 0.3 is 0 Å².